The Hall–Kier alpha value is -1.36. The molecule has 2 aromatic carbocycles. The molecule has 3 nitrogen and oxygen atoms in total. The van der Waals surface area contributed by atoms with E-state index in [0.29, 0.717) is 10.7 Å². The van der Waals surface area contributed by atoms with Crippen LogP contribution < -0.4 is 5.32 Å². The molecule has 20 heavy (non-hydrogen) atoms. The van der Waals surface area contributed by atoms with Crippen molar-refractivity contribution in [2.45, 2.75) is 6.10 Å². The number of hydrogen-bond acceptors (Lipinski definition) is 2. The number of methoxy groups -OCH3 is 1. The van der Waals surface area contributed by atoms with E-state index in [9.17, 15) is 4.79 Å². The van der Waals surface area contributed by atoms with Gasteiger partial charge in [0.2, 0.25) is 0 Å². The van der Waals surface area contributed by atoms with Crippen LogP contribution in [0.5, 0.6) is 0 Å². The van der Waals surface area contributed by atoms with Crippen molar-refractivity contribution < 1.29 is 9.53 Å². The summed E-state index contributed by atoms with van der Waals surface area (Å²) in [5.74, 6) is -0.239. The normalized spacial score (nSPS) is 11.9. The van der Waals surface area contributed by atoms with Crippen molar-refractivity contribution >= 4 is 39.1 Å². The van der Waals surface area contributed by atoms with E-state index in [-0.39, 0.29) is 5.91 Å². The molecule has 0 aromatic heterocycles. The number of carbonyl (C=O) groups excluding carboxylic acids is 1. The van der Waals surface area contributed by atoms with Gasteiger partial charge in [0, 0.05) is 17.3 Å². The van der Waals surface area contributed by atoms with Gasteiger partial charge in [-0.15, -0.1) is 0 Å². The molecule has 5 heteroatoms. The topological polar surface area (TPSA) is 38.3 Å². The van der Waals surface area contributed by atoms with Crippen molar-refractivity contribution in [1.82, 2.24) is 0 Å². The number of benzene rings is 2. The van der Waals surface area contributed by atoms with Crippen LogP contribution in [0.4, 0.5) is 5.69 Å². The van der Waals surface area contributed by atoms with Gasteiger partial charge in [0.05, 0.1) is 5.02 Å². The molecule has 1 amide bonds. The molecule has 0 radical (unpaired) electrons. The number of amides is 1. The molecule has 0 heterocycles. The van der Waals surface area contributed by atoms with Crippen LogP contribution in [-0.2, 0) is 9.53 Å². The van der Waals surface area contributed by atoms with Crippen LogP contribution >= 0.6 is 27.5 Å². The Kier molecular flexibility index (Phi) is 5.17. The zero-order chi connectivity index (χ0) is 14.5. The maximum atomic E-state index is 12.2. The minimum atomic E-state index is -0.654. The number of nitrogens with one attached hydrogen (secondary N) is 1. The molecule has 2 rings (SSSR count). The highest BCUT2D eigenvalue weighted by molar-refractivity contribution is 9.10. The lowest BCUT2D eigenvalue weighted by molar-refractivity contribution is -0.126. The number of halogens is 2. The number of anilines is 1. The fraction of sp³-hybridized carbons (Fsp3) is 0.133. The first kappa shape index (κ1) is 15.0. The molecule has 0 bridgehead atoms. The molecule has 2 aromatic rings. The van der Waals surface area contributed by atoms with Gasteiger partial charge in [-0.2, -0.15) is 0 Å². The maximum absolute atomic E-state index is 12.2. The van der Waals surface area contributed by atoms with Crippen LogP contribution in [0.15, 0.2) is 53.0 Å². The molecule has 104 valence electrons. The van der Waals surface area contributed by atoms with Crippen LogP contribution in [-0.4, -0.2) is 13.0 Å². The van der Waals surface area contributed by atoms with Gasteiger partial charge in [-0.1, -0.05) is 41.9 Å². The Morgan fingerprint density at radius 2 is 1.95 bits per heavy atom. The highest BCUT2D eigenvalue weighted by Gasteiger charge is 2.19. The summed E-state index contributed by atoms with van der Waals surface area (Å²) in [4.78, 5) is 12.2. The zero-order valence-corrected chi connectivity index (χ0v) is 13.1. The van der Waals surface area contributed by atoms with E-state index < -0.39 is 6.10 Å². The SMILES string of the molecule is CO[C@@H](C(=O)Nc1ccc(Br)c(Cl)c1)c1ccccc1. The summed E-state index contributed by atoms with van der Waals surface area (Å²) in [5.41, 5.74) is 1.43. The first-order chi connectivity index (χ1) is 9.61. The van der Waals surface area contributed by atoms with Crippen molar-refractivity contribution in [1.29, 1.82) is 0 Å². The minimum Gasteiger partial charge on any atom is -0.367 e. The molecular formula is C15H13BrClNO2. The van der Waals surface area contributed by atoms with E-state index in [1.165, 1.54) is 7.11 Å². The van der Waals surface area contributed by atoms with Crippen molar-refractivity contribution in [3.05, 3.63) is 63.6 Å². The fourth-order valence-corrected chi connectivity index (χ4v) is 2.23. The number of hydrogen-bond donors (Lipinski definition) is 1. The first-order valence-electron chi connectivity index (χ1n) is 5.95. The van der Waals surface area contributed by atoms with Crippen molar-refractivity contribution in [2.75, 3.05) is 12.4 Å². The second-order valence-electron chi connectivity index (χ2n) is 4.14. The standard InChI is InChI=1S/C15H13BrClNO2/c1-20-14(10-5-3-2-4-6-10)15(19)18-11-7-8-12(16)13(17)9-11/h2-9,14H,1H3,(H,18,19)/t14-/m1/s1. The fourth-order valence-electron chi connectivity index (χ4n) is 1.80. The molecule has 0 aliphatic rings. The highest BCUT2D eigenvalue weighted by atomic mass is 79.9. The molecular weight excluding hydrogens is 342 g/mol. The van der Waals surface area contributed by atoms with Crippen LogP contribution in [0.2, 0.25) is 5.02 Å². The van der Waals surface area contributed by atoms with E-state index in [0.717, 1.165) is 10.0 Å². The summed E-state index contributed by atoms with van der Waals surface area (Å²) < 4.78 is 6.05. The van der Waals surface area contributed by atoms with Gasteiger partial charge in [0.25, 0.3) is 5.91 Å². The molecule has 1 atom stereocenters. The molecule has 0 unspecified atom stereocenters. The predicted octanol–water partition coefficient (Wildman–Crippen LogP) is 4.43. The van der Waals surface area contributed by atoms with Crippen molar-refractivity contribution in [3.63, 3.8) is 0 Å². The quantitative estimate of drug-likeness (QED) is 0.882. The highest BCUT2D eigenvalue weighted by Crippen LogP contribution is 2.26. The summed E-state index contributed by atoms with van der Waals surface area (Å²) in [7, 11) is 1.51. The molecule has 0 saturated heterocycles. The summed E-state index contributed by atoms with van der Waals surface area (Å²) in [6.07, 6.45) is -0.654. The monoisotopic (exact) mass is 353 g/mol. The third-order valence-electron chi connectivity index (χ3n) is 2.76. The van der Waals surface area contributed by atoms with E-state index in [2.05, 4.69) is 21.2 Å². The van der Waals surface area contributed by atoms with Gasteiger partial charge >= 0.3 is 0 Å². The Morgan fingerprint density at radius 3 is 2.55 bits per heavy atom. The van der Waals surface area contributed by atoms with E-state index in [1.54, 1.807) is 18.2 Å². The second kappa shape index (κ2) is 6.88. The lowest BCUT2D eigenvalue weighted by Crippen LogP contribution is -2.22. The lowest BCUT2D eigenvalue weighted by atomic mass is 10.1. The van der Waals surface area contributed by atoms with Crippen molar-refractivity contribution in [3.8, 4) is 0 Å². The summed E-state index contributed by atoms with van der Waals surface area (Å²) in [6, 6.07) is 14.6. The number of rotatable bonds is 4. The van der Waals surface area contributed by atoms with Crippen molar-refractivity contribution in [2.24, 2.45) is 0 Å². The summed E-state index contributed by atoms with van der Waals surface area (Å²) in [5, 5.41) is 3.33. The third-order valence-corrected chi connectivity index (χ3v) is 4.00. The Morgan fingerprint density at radius 1 is 1.25 bits per heavy atom. The summed E-state index contributed by atoms with van der Waals surface area (Å²) in [6.45, 7) is 0. The lowest BCUT2D eigenvalue weighted by Gasteiger charge is -2.15. The predicted molar refractivity (Wildman–Crippen MR) is 84.0 cm³/mol. The van der Waals surface area contributed by atoms with E-state index >= 15 is 0 Å². The van der Waals surface area contributed by atoms with E-state index in [1.807, 2.05) is 30.3 Å². The van der Waals surface area contributed by atoms with Gasteiger partial charge in [0.15, 0.2) is 6.10 Å². The van der Waals surface area contributed by atoms with Crippen LogP contribution in [0.1, 0.15) is 11.7 Å². The largest absolute Gasteiger partial charge is 0.367 e. The second-order valence-corrected chi connectivity index (χ2v) is 5.41. The van der Waals surface area contributed by atoms with Gasteiger partial charge in [-0.25, -0.2) is 0 Å². The maximum Gasteiger partial charge on any atom is 0.258 e. The Balaban J connectivity index is 2.15. The molecule has 0 spiro atoms. The summed E-state index contributed by atoms with van der Waals surface area (Å²) >= 11 is 9.30. The average Bonchev–Trinajstić information content (AvgIpc) is 2.45. The molecule has 0 fully saturated rings. The number of ether oxygens (including phenoxy) is 1. The first-order valence-corrected chi connectivity index (χ1v) is 7.12. The molecule has 0 aliphatic carbocycles. The third kappa shape index (κ3) is 3.60. The van der Waals surface area contributed by atoms with Gasteiger partial charge in [-0.3, -0.25) is 4.79 Å². The molecule has 1 N–H and O–H groups in total. The van der Waals surface area contributed by atoms with E-state index in [4.69, 9.17) is 16.3 Å². The van der Waals surface area contributed by atoms with Crippen LogP contribution in [0.25, 0.3) is 0 Å². The molecule has 0 aliphatic heterocycles. The van der Waals surface area contributed by atoms with Gasteiger partial charge < -0.3 is 10.1 Å². The minimum absolute atomic E-state index is 0.239. The van der Waals surface area contributed by atoms with Crippen LogP contribution in [0.3, 0.4) is 0 Å². The Labute approximate surface area is 131 Å². The van der Waals surface area contributed by atoms with Gasteiger partial charge in [0.1, 0.15) is 0 Å². The smallest absolute Gasteiger partial charge is 0.258 e. The van der Waals surface area contributed by atoms with Gasteiger partial charge in [-0.05, 0) is 39.7 Å². The Bertz CT molecular complexity index is 604. The van der Waals surface area contributed by atoms with Crippen LogP contribution in [0, 0.1) is 0 Å². The zero-order valence-electron chi connectivity index (χ0n) is 10.8. The number of carbonyl (C=O) groups is 1. The average molecular weight is 355 g/mol. The molecule has 0 saturated carbocycles.